The fourth-order valence-electron chi connectivity index (χ4n) is 3.47. The molecular weight excluding hydrogens is 216 g/mol. The Kier molecular flexibility index (Phi) is 2.60. The Morgan fingerprint density at radius 1 is 1.18 bits per heavy atom. The average molecular weight is 238 g/mol. The summed E-state index contributed by atoms with van der Waals surface area (Å²) in [4.78, 5) is 11.7. The van der Waals surface area contributed by atoms with E-state index in [0.29, 0.717) is 17.6 Å². The molecule has 0 unspecified atom stereocenters. The van der Waals surface area contributed by atoms with Crippen LogP contribution >= 0.6 is 0 Å². The van der Waals surface area contributed by atoms with Gasteiger partial charge in [-0.15, -0.1) is 0 Å². The van der Waals surface area contributed by atoms with E-state index in [2.05, 4.69) is 13.8 Å². The number of Topliss-reactive ketones (excluding diaryl/α,β-unsaturated/α-hetero) is 1. The minimum atomic E-state index is -0.354. The summed E-state index contributed by atoms with van der Waals surface area (Å²) in [5.74, 6) is 0.844. The van der Waals surface area contributed by atoms with Crippen molar-refractivity contribution < 1.29 is 14.3 Å². The molecule has 2 aliphatic carbocycles. The van der Waals surface area contributed by atoms with Gasteiger partial charge in [0, 0.05) is 30.1 Å². The summed E-state index contributed by atoms with van der Waals surface area (Å²) in [5, 5.41) is 0. The van der Waals surface area contributed by atoms with Crippen molar-refractivity contribution in [1.29, 1.82) is 0 Å². The molecule has 1 heterocycles. The van der Waals surface area contributed by atoms with Crippen molar-refractivity contribution in [3.8, 4) is 0 Å². The van der Waals surface area contributed by atoms with Crippen LogP contribution in [0.1, 0.15) is 46.0 Å². The van der Waals surface area contributed by atoms with Crippen LogP contribution in [0, 0.1) is 17.3 Å². The van der Waals surface area contributed by atoms with Crippen LogP contribution in [0.5, 0.6) is 0 Å². The number of carbonyl (C=O) groups is 1. The van der Waals surface area contributed by atoms with Gasteiger partial charge < -0.3 is 9.47 Å². The van der Waals surface area contributed by atoms with E-state index in [4.69, 9.17) is 9.47 Å². The predicted molar refractivity (Wildman–Crippen MR) is 63.5 cm³/mol. The largest absolute Gasteiger partial charge is 0.349 e. The summed E-state index contributed by atoms with van der Waals surface area (Å²) >= 11 is 0. The summed E-state index contributed by atoms with van der Waals surface area (Å²) in [6, 6.07) is 0. The van der Waals surface area contributed by atoms with E-state index >= 15 is 0 Å². The lowest BCUT2D eigenvalue weighted by molar-refractivity contribution is -0.336. The van der Waals surface area contributed by atoms with Crippen molar-refractivity contribution in [3.63, 3.8) is 0 Å². The van der Waals surface area contributed by atoms with Crippen molar-refractivity contribution >= 4 is 5.78 Å². The molecule has 0 radical (unpaired) electrons. The molecular formula is C14H22O3. The van der Waals surface area contributed by atoms with Crippen molar-refractivity contribution in [3.05, 3.63) is 0 Å². The van der Waals surface area contributed by atoms with Gasteiger partial charge in [0.1, 0.15) is 5.78 Å². The van der Waals surface area contributed by atoms with Gasteiger partial charge in [-0.25, -0.2) is 0 Å². The predicted octanol–water partition coefficient (Wildman–Crippen LogP) is 2.53. The molecule has 3 nitrogen and oxygen atoms in total. The third-order valence-electron chi connectivity index (χ3n) is 4.64. The summed E-state index contributed by atoms with van der Waals surface area (Å²) in [5.41, 5.74) is 0.132. The molecule has 1 spiro atoms. The molecule has 0 aromatic heterocycles. The quantitative estimate of drug-likeness (QED) is 0.650. The van der Waals surface area contributed by atoms with E-state index in [0.717, 1.165) is 45.3 Å². The number of ether oxygens (including phenoxy) is 2. The second kappa shape index (κ2) is 3.79. The average Bonchev–Trinajstić information content (AvgIpc) is 2.31. The van der Waals surface area contributed by atoms with E-state index < -0.39 is 0 Å². The summed E-state index contributed by atoms with van der Waals surface area (Å²) in [6.07, 6.45) is 4.53. The van der Waals surface area contributed by atoms with Crippen LogP contribution in [-0.2, 0) is 14.3 Å². The third-order valence-corrected chi connectivity index (χ3v) is 4.64. The van der Waals surface area contributed by atoms with Gasteiger partial charge in [0.2, 0.25) is 0 Å². The second-order valence-electron chi connectivity index (χ2n) is 6.73. The standard InChI is InChI=1S/C14H22O3/c1-13(2)8-16-14(17-9-13)6-5-10-7-11(14)3-4-12(10)15/h10-11H,3-9H2,1-2H3/t10-,11-/m0/s1. The SMILES string of the molecule is CC1(C)COC2(CC[C@H]3C[C@@H]2CCC3=O)OC1. The Labute approximate surface area is 103 Å². The lowest BCUT2D eigenvalue weighted by atomic mass is 9.68. The summed E-state index contributed by atoms with van der Waals surface area (Å²) < 4.78 is 12.2. The van der Waals surface area contributed by atoms with Gasteiger partial charge in [-0.05, 0) is 19.3 Å². The molecule has 3 rings (SSSR count). The van der Waals surface area contributed by atoms with Gasteiger partial charge in [-0.3, -0.25) is 4.79 Å². The van der Waals surface area contributed by atoms with Crippen LogP contribution in [0.25, 0.3) is 0 Å². The first-order valence-electron chi connectivity index (χ1n) is 6.81. The molecule has 1 aliphatic heterocycles. The molecule has 0 N–H and O–H groups in total. The minimum absolute atomic E-state index is 0.132. The fourth-order valence-corrected chi connectivity index (χ4v) is 3.47. The fraction of sp³-hybridized carbons (Fsp3) is 0.929. The highest BCUT2D eigenvalue weighted by Crippen LogP contribution is 2.49. The first kappa shape index (κ1) is 11.7. The Bertz CT molecular complexity index is 324. The third kappa shape index (κ3) is 1.93. The van der Waals surface area contributed by atoms with Crippen molar-refractivity contribution in [2.45, 2.75) is 51.7 Å². The minimum Gasteiger partial charge on any atom is -0.349 e. The second-order valence-corrected chi connectivity index (χ2v) is 6.73. The maximum absolute atomic E-state index is 11.7. The normalized spacial score (nSPS) is 39.3. The van der Waals surface area contributed by atoms with Crippen LogP contribution in [0.4, 0.5) is 0 Å². The zero-order chi connectivity index (χ0) is 12.1. The number of carbonyl (C=O) groups excluding carboxylic acids is 1. The first-order valence-corrected chi connectivity index (χ1v) is 6.81. The molecule has 17 heavy (non-hydrogen) atoms. The Hall–Kier alpha value is -0.410. The van der Waals surface area contributed by atoms with E-state index in [-0.39, 0.29) is 11.2 Å². The Morgan fingerprint density at radius 3 is 2.59 bits per heavy atom. The maximum Gasteiger partial charge on any atom is 0.171 e. The molecule has 1 saturated heterocycles. The summed E-state index contributed by atoms with van der Waals surface area (Å²) in [6.45, 7) is 5.91. The number of fused-ring (bicyclic) bond motifs is 3. The van der Waals surface area contributed by atoms with Crippen LogP contribution < -0.4 is 0 Å². The van der Waals surface area contributed by atoms with Crippen molar-refractivity contribution in [2.24, 2.45) is 17.3 Å². The molecule has 3 aliphatic rings. The van der Waals surface area contributed by atoms with Gasteiger partial charge in [0.05, 0.1) is 13.2 Å². The van der Waals surface area contributed by atoms with Gasteiger partial charge in [0.15, 0.2) is 5.79 Å². The van der Waals surface area contributed by atoms with E-state index in [1.165, 1.54) is 0 Å². The monoisotopic (exact) mass is 238 g/mol. The van der Waals surface area contributed by atoms with Crippen LogP contribution in [0.3, 0.4) is 0 Å². The maximum atomic E-state index is 11.7. The number of hydrogen-bond acceptors (Lipinski definition) is 3. The van der Waals surface area contributed by atoms with Gasteiger partial charge >= 0.3 is 0 Å². The van der Waals surface area contributed by atoms with Crippen molar-refractivity contribution in [1.82, 2.24) is 0 Å². The van der Waals surface area contributed by atoms with Crippen LogP contribution in [0.15, 0.2) is 0 Å². The lowest BCUT2D eigenvalue weighted by Gasteiger charge is -2.52. The van der Waals surface area contributed by atoms with Gasteiger partial charge in [-0.1, -0.05) is 13.8 Å². The number of ketones is 1. The highest BCUT2D eigenvalue weighted by atomic mass is 16.7. The topological polar surface area (TPSA) is 35.5 Å². The molecule has 3 fully saturated rings. The van der Waals surface area contributed by atoms with E-state index in [1.807, 2.05) is 0 Å². The molecule has 3 heteroatoms. The summed E-state index contributed by atoms with van der Waals surface area (Å²) in [7, 11) is 0. The molecule has 0 aromatic rings. The van der Waals surface area contributed by atoms with Gasteiger partial charge in [0.25, 0.3) is 0 Å². The zero-order valence-corrected chi connectivity index (χ0v) is 10.8. The Morgan fingerprint density at radius 2 is 1.88 bits per heavy atom. The van der Waals surface area contributed by atoms with Crippen molar-refractivity contribution in [2.75, 3.05) is 13.2 Å². The van der Waals surface area contributed by atoms with E-state index in [9.17, 15) is 4.79 Å². The molecule has 2 saturated carbocycles. The lowest BCUT2D eigenvalue weighted by Crippen LogP contribution is -2.56. The molecule has 2 atom stereocenters. The zero-order valence-electron chi connectivity index (χ0n) is 10.8. The number of rotatable bonds is 0. The molecule has 96 valence electrons. The molecule has 0 aromatic carbocycles. The molecule has 2 bridgehead atoms. The smallest absolute Gasteiger partial charge is 0.171 e. The highest BCUT2D eigenvalue weighted by Gasteiger charge is 2.52. The van der Waals surface area contributed by atoms with Crippen LogP contribution in [-0.4, -0.2) is 24.8 Å². The number of hydrogen-bond donors (Lipinski definition) is 0. The van der Waals surface area contributed by atoms with Gasteiger partial charge in [-0.2, -0.15) is 0 Å². The molecule has 0 amide bonds. The first-order chi connectivity index (χ1) is 8.01. The highest BCUT2D eigenvalue weighted by molar-refractivity contribution is 5.82. The van der Waals surface area contributed by atoms with Crippen LogP contribution in [0.2, 0.25) is 0 Å². The van der Waals surface area contributed by atoms with E-state index in [1.54, 1.807) is 0 Å². The Balaban J connectivity index is 1.75.